The van der Waals surface area contributed by atoms with E-state index in [1.165, 1.54) is 0 Å². The highest BCUT2D eigenvalue weighted by Crippen LogP contribution is 2.27. The van der Waals surface area contributed by atoms with E-state index in [1.807, 2.05) is 18.2 Å². The lowest BCUT2D eigenvalue weighted by atomic mass is 10.1. The number of morpholine rings is 1. The second-order valence-electron chi connectivity index (χ2n) is 6.91. The number of carboxylic acid groups (broad SMARTS) is 1. The van der Waals surface area contributed by atoms with Crippen LogP contribution in [0.5, 0.6) is 0 Å². The monoisotopic (exact) mass is 374 g/mol. The minimum atomic E-state index is -0.930. The molecule has 0 spiro atoms. The summed E-state index contributed by atoms with van der Waals surface area (Å²) in [4.78, 5) is 25.8. The zero-order valence-corrected chi connectivity index (χ0v) is 16.0. The van der Waals surface area contributed by atoms with Crippen LogP contribution in [0.25, 0.3) is 10.9 Å². The molecule has 1 aliphatic heterocycles. The van der Waals surface area contributed by atoms with Gasteiger partial charge in [-0.05, 0) is 37.6 Å². The van der Waals surface area contributed by atoms with Crippen LogP contribution in [0.15, 0.2) is 18.2 Å². The number of aliphatic carboxylic acids is 1. The van der Waals surface area contributed by atoms with Crippen LogP contribution in [0.4, 0.5) is 0 Å². The van der Waals surface area contributed by atoms with Gasteiger partial charge in [0.05, 0.1) is 32.3 Å². The van der Waals surface area contributed by atoms with Crippen LogP contribution in [0.2, 0.25) is 0 Å². The quantitative estimate of drug-likeness (QED) is 0.839. The summed E-state index contributed by atoms with van der Waals surface area (Å²) in [6.45, 7) is 6.58. The van der Waals surface area contributed by atoms with E-state index in [1.54, 1.807) is 12.0 Å². The van der Waals surface area contributed by atoms with E-state index in [0.717, 1.165) is 28.7 Å². The fourth-order valence-corrected chi connectivity index (χ4v) is 3.71. The van der Waals surface area contributed by atoms with Crippen molar-refractivity contribution in [2.45, 2.75) is 32.9 Å². The average molecular weight is 374 g/mol. The van der Waals surface area contributed by atoms with Crippen LogP contribution in [0.3, 0.4) is 0 Å². The van der Waals surface area contributed by atoms with Gasteiger partial charge in [-0.1, -0.05) is 0 Å². The number of aromatic nitrogens is 1. The summed E-state index contributed by atoms with van der Waals surface area (Å²) >= 11 is 0. The zero-order valence-electron chi connectivity index (χ0n) is 16.0. The standard InChI is InChI=1S/C20H26N2O5/c1-13-14(2)21(6-8-26-3)18-5-4-15(10-17(13)18)20(25)22-7-9-27-12-16(22)11-19(23)24/h4-5,10,16H,6-9,11-12H2,1-3H3,(H,23,24). The van der Waals surface area contributed by atoms with Gasteiger partial charge in [-0.2, -0.15) is 0 Å². The van der Waals surface area contributed by atoms with Crippen molar-refractivity contribution in [2.24, 2.45) is 0 Å². The molecule has 1 aromatic carbocycles. The van der Waals surface area contributed by atoms with Crippen LogP contribution in [-0.2, 0) is 20.8 Å². The molecule has 1 N–H and O–H groups in total. The molecule has 0 saturated carbocycles. The first-order chi connectivity index (χ1) is 12.9. The second-order valence-corrected chi connectivity index (χ2v) is 6.91. The van der Waals surface area contributed by atoms with Crippen molar-refractivity contribution in [3.63, 3.8) is 0 Å². The van der Waals surface area contributed by atoms with Gasteiger partial charge in [0, 0.05) is 42.4 Å². The fourth-order valence-electron chi connectivity index (χ4n) is 3.71. The molecule has 1 aliphatic rings. The number of carboxylic acids is 1. The zero-order chi connectivity index (χ0) is 19.6. The van der Waals surface area contributed by atoms with E-state index in [-0.39, 0.29) is 18.9 Å². The van der Waals surface area contributed by atoms with Crippen LogP contribution in [0, 0.1) is 13.8 Å². The van der Waals surface area contributed by atoms with Crippen LogP contribution >= 0.6 is 0 Å². The molecule has 2 heterocycles. The van der Waals surface area contributed by atoms with Crippen molar-refractivity contribution in [1.82, 2.24) is 9.47 Å². The Kier molecular flexibility index (Phi) is 5.82. The first-order valence-electron chi connectivity index (χ1n) is 9.13. The van der Waals surface area contributed by atoms with Crippen molar-refractivity contribution >= 4 is 22.8 Å². The number of ether oxygens (including phenoxy) is 2. The fraction of sp³-hybridized carbons (Fsp3) is 0.500. The van der Waals surface area contributed by atoms with Gasteiger partial charge in [0.15, 0.2) is 0 Å². The van der Waals surface area contributed by atoms with Gasteiger partial charge in [-0.15, -0.1) is 0 Å². The highest BCUT2D eigenvalue weighted by Gasteiger charge is 2.30. The molecule has 146 valence electrons. The van der Waals surface area contributed by atoms with E-state index >= 15 is 0 Å². The predicted octanol–water partition coefficient (Wildman–Crippen LogP) is 2.22. The van der Waals surface area contributed by atoms with Gasteiger partial charge in [0.25, 0.3) is 5.91 Å². The van der Waals surface area contributed by atoms with Crippen molar-refractivity contribution in [3.8, 4) is 0 Å². The van der Waals surface area contributed by atoms with E-state index < -0.39 is 12.0 Å². The maximum atomic E-state index is 13.1. The molecule has 0 radical (unpaired) electrons. The highest BCUT2D eigenvalue weighted by atomic mass is 16.5. The molecule has 1 aromatic heterocycles. The summed E-state index contributed by atoms with van der Waals surface area (Å²) in [6.07, 6.45) is -0.112. The number of carbonyl (C=O) groups is 2. The lowest BCUT2D eigenvalue weighted by Crippen LogP contribution is -2.49. The number of amides is 1. The lowest BCUT2D eigenvalue weighted by Gasteiger charge is -2.34. The third kappa shape index (κ3) is 3.84. The van der Waals surface area contributed by atoms with Gasteiger partial charge in [0.1, 0.15) is 0 Å². The normalized spacial score (nSPS) is 17.4. The van der Waals surface area contributed by atoms with Gasteiger partial charge >= 0.3 is 5.97 Å². The van der Waals surface area contributed by atoms with Gasteiger partial charge in [-0.3, -0.25) is 9.59 Å². The van der Waals surface area contributed by atoms with E-state index in [0.29, 0.717) is 25.3 Å². The van der Waals surface area contributed by atoms with E-state index in [9.17, 15) is 9.59 Å². The largest absolute Gasteiger partial charge is 0.481 e. The maximum absolute atomic E-state index is 13.1. The van der Waals surface area contributed by atoms with Crippen molar-refractivity contribution in [1.29, 1.82) is 0 Å². The van der Waals surface area contributed by atoms with Crippen molar-refractivity contribution < 1.29 is 24.2 Å². The molecule has 1 unspecified atom stereocenters. The van der Waals surface area contributed by atoms with Crippen LogP contribution < -0.4 is 0 Å². The SMILES string of the molecule is COCCn1c(C)c(C)c2cc(C(=O)N3CCOCC3CC(=O)O)ccc21. The van der Waals surface area contributed by atoms with Gasteiger partial charge in [-0.25, -0.2) is 0 Å². The molecule has 0 bridgehead atoms. The Morgan fingerprint density at radius 1 is 1.33 bits per heavy atom. The number of carbonyl (C=O) groups excluding carboxylic acids is 1. The number of hydrogen-bond acceptors (Lipinski definition) is 4. The second kappa shape index (κ2) is 8.10. The predicted molar refractivity (Wildman–Crippen MR) is 101 cm³/mol. The first kappa shape index (κ1) is 19.4. The summed E-state index contributed by atoms with van der Waals surface area (Å²) in [5.41, 5.74) is 3.94. The Hall–Kier alpha value is -2.38. The lowest BCUT2D eigenvalue weighted by molar-refractivity contribution is -0.139. The summed E-state index contributed by atoms with van der Waals surface area (Å²) in [7, 11) is 1.68. The van der Waals surface area contributed by atoms with Crippen LogP contribution in [0.1, 0.15) is 28.0 Å². The Morgan fingerprint density at radius 3 is 2.81 bits per heavy atom. The third-order valence-corrected chi connectivity index (χ3v) is 5.30. The number of fused-ring (bicyclic) bond motifs is 1. The summed E-state index contributed by atoms with van der Waals surface area (Å²) in [5, 5.41) is 10.2. The number of hydrogen-bond donors (Lipinski definition) is 1. The molecule has 7 heteroatoms. The van der Waals surface area contributed by atoms with Gasteiger partial charge in [0.2, 0.25) is 0 Å². The molecule has 3 rings (SSSR count). The molecule has 1 saturated heterocycles. The number of methoxy groups -OCH3 is 1. The summed E-state index contributed by atoms with van der Waals surface area (Å²) < 4.78 is 12.8. The third-order valence-electron chi connectivity index (χ3n) is 5.30. The minimum absolute atomic E-state index is 0.112. The van der Waals surface area contributed by atoms with Crippen molar-refractivity contribution in [2.75, 3.05) is 33.5 Å². The van der Waals surface area contributed by atoms with Crippen molar-refractivity contribution in [3.05, 3.63) is 35.0 Å². The minimum Gasteiger partial charge on any atom is -0.481 e. The summed E-state index contributed by atoms with van der Waals surface area (Å²) in [5.74, 6) is -1.08. The average Bonchev–Trinajstić information content (AvgIpc) is 2.89. The molecule has 7 nitrogen and oxygen atoms in total. The Balaban J connectivity index is 1.93. The Bertz CT molecular complexity index is 858. The molecule has 1 fully saturated rings. The highest BCUT2D eigenvalue weighted by molar-refractivity contribution is 5.99. The Labute approximate surface area is 158 Å². The van der Waals surface area contributed by atoms with E-state index in [4.69, 9.17) is 14.6 Å². The smallest absolute Gasteiger partial charge is 0.305 e. The summed E-state index contributed by atoms with van der Waals surface area (Å²) in [6, 6.07) is 5.26. The molecule has 2 aromatic rings. The number of aryl methyl sites for hydroxylation is 1. The number of benzene rings is 1. The number of nitrogens with zero attached hydrogens (tertiary/aromatic N) is 2. The van der Waals surface area contributed by atoms with Gasteiger partial charge < -0.3 is 24.0 Å². The molecular formula is C20H26N2O5. The molecule has 1 atom stereocenters. The van der Waals surface area contributed by atoms with Crippen LogP contribution in [-0.4, -0.2) is 66.0 Å². The van der Waals surface area contributed by atoms with E-state index in [2.05, 4.69) is 18.4 Å². The molecule has 0 aliphatic carbocycles. The topological polar surface area (TPSA) is 81.0 Å². The maximum Gasteiger partial charge on any atom is 0.305 e. The molecular weight excluding hydrogens is 348 g/mol. The molecule has 1 amide bonds. The molecule has 27 heavy (non-hydrogen) atoms. The number of rotatable bonds is 6. The Morgan fingerprint density at radius 2 is 2.11 bits per heavy atom. The first-order valence-corrected chi connectivity index (χ1v) is 9.13.